The average Bonchev–Trinajstić information content (AvgIpc) is 3.62. The number of fused-ring (bicyclic) bond motifs is 1. The molecular formula is C28H33N7O2. The molecule has 1 saturated carbocycles. The summed E-state index contributed by atoms with van der Waals surface area (Å²) in [4.78, 5) is 21.3. The normalized spacial score (nSPS) is 18.0. The molecule has 0 spiro atoms. The highest BCUT2D eigenvalue weighted by Crippen LogP contribution is 2.34. The van der Waals surface area contributed by atoms with Gasteiger partial charge >= 0.3 is 0 Å². The molecule has 0 amide bonds. The molecule has 2 aliphatic rings. The molecule has 2 aromatic carbocycles. The zero-order valence-electron chi connectivity index (χ0n) is 21.2. The van der Waals surface area contributed by atoms with Crippen molar-refractivity contribution in [2.45, 2.75) is 51.1 Å². The summed E-state index contributed by atoms with van der Waals surface area (Å²) in [6, 6.07) is 15.5. The van der Waals surface area contributed by atoms with Crippen molar-refractivity contribution < 1.29 is 5.11 Å². The number of anilines is 1. The molecule has 1 aliphatic carbocycles. The highest BCUT2D eigenvalue weighted by Gasteiger charge is 2.34. The first-order chi connectivity index (χ1) is 18.1. The lowest BCUT2D eigenvalue weighted by Crippen LogP contribution is -2.49. The number of nitrogens with one attached hydrogen (secondary N) is 1. The van der Waals surface area contributed by atoms with E-state index in [1.807, 2.05) is 28.9 Å². The van der Waals surface area contributed by atoms with Gasteiger partial charge in [0.1, 0.15) is 11.8 Å². The van der Waals surface area contributed by atoms with Crippen LogP contribution < -0.4 is 10.5 Å². The van der Waals surface area contributed by atoms with Crippen LogP contribution in [-0.2, 0) is 6.42 Å². The third-order valence-electron chi connectivity index (χ3n) is 7.97. The summed E-state index contributed by atoms with van der Waals surface area (Å²) >= 11 is 0. The Morgan fingerprint density at radius 3 is 2.51 bits per heavy atom. The van der Waals surface area contributed by atoms with Gasteiger partial charge in [0, 0.05) is 42.9 Å². The van der Waals surface area contributed by atoms with Gasteiger partial charge in [0.15, 0.2) is 5.82 Å². The molecule has 192 valence electrons. The van der Waals surface area contributed by atoms with Crippen molar-refractivity contribution >= 4 is 16.6 Å². The highest BCUT2D eigenvalue weighted by molar-refractivity contribution is 5.80. The third-order valence-corrected chi connectivity index (χ3v) is 7.97. The fourth-order valence-electron chi connectivity index (χ4n) is 5.89. The molecule has 0 radical (unpaired) electrons. The van der Waals surface area contributed by atoms with Gasteiger partial charge in [-0.3, -0.25) is 9.69 Å². The molecule has 1 aliphatic heterocycles. The topological polar surface area (TPSA) is 103 Å². The molecular weight excluding hydrogens is 466 g/mol. The Labute approximate surface area is 215 Å². The van der Waals surface area contributed by atoms with Gasteiger partial charge in [0.25, 0.3) is 5.56 Å². The first-order valence-electron chi connectivity index (χ1n) is 13.3. The van der Waals surface area contributed by atoms with Gasteiger partial charge in [0.2, 0.25) is 0 Å². The van der Waals surface area contributed by atoms with Crippen molar-refractivity contribution in [3.63, 3.8) is 0 Å². The van der Waals surface area contributed by atoms with E-state index < -0.39 is 0 Å². The number of benzene rings is 2. The number of phenolic OH excluding ortho intramolecular Hbond substituents is 1. The Bertz CT molecular complexity index is 1430. The molecule has 2 aromatic heterocycles. The molecule has 4 aromatic rings. The van der Waals surface area contributed by atoms with E-state index in [2.05, 4.69) is 49.4 Å². The first-order valence-corrected chi connectivity index (χ1v) is 13.3. The smallest absolute Gasteiger partial charge is 0.253 e. The van der Waals surface area contributed by atoms with Crippen molar-refractivity contribution in [1.29, 1.82) is 0 Å². The number of rotatable bonds is 6. The minimum atomic E-state index is -0.337. The SMILES string of the molecule is CCc1ccc2[nH]c(=O)c([C@H](c3nnnn3C3CCCC3)N3CCN(c4ccc(O)cc4)CC3)cc2c1. The van der Waals surface area contributed by atoms with Gasteiger partial charge in [-0.15, -0.1) is 5.10 Å². The molecule has 6 rings (SSSR count). The van der Waals surface area contributed by atoms with Crippen LogP contribution in [0.2, 0.25) is 0 Å². The molecule has 1 saturated heterocycles. The van der Waals surface area contributed by atoms with Crippen LogP contribution >= 0.6 is 0 Å². The molecule has 2 fully saturated rings. The quantitative estimate of drug-likeness (QED) is 0.416. The lowest BCUT2D eigenvalue weighted by molar-refractivity contribution is 0.197. The predicted octanol–water partition coefficient (Wildman–Crippen LogP) is 3.81. The summed E-state index contributed by atoms with van der Waals surface area (Å²) in [5.74, 6) is 1.02. The lowest BCUT2D eigenvalue weighted by atomic mass is 10.0. The number of aromatic nitrogens is 5. The van der Waals surface area contributed by atoms with Crippen LogP contribution in [-0.4, -0.2) is 61.4 Å². The average molecular weight is 500 g/mol. The van der Waals surface area contributed by atoms with Crippen LogP contribution in [0.1, 0.15) is 61.6 Å². The van der Waals surface area contributed by atoms with Gasteiger partial charge in [-0.25, -0.2) is 4.68 Å². The Morgan fingerprint density at radius 1 is 1.03 bits per heavy atom. The van der Waals surface area contributed by atoms with Crippen molar-refractivity contribution in [1.82, 2.24) is 30.1 Å². The van der Waals surface area contributed by atoms with E-state index in [9.17, 15) is 9.90 Å². The number of aryl methyl sites for hydroxylation is 1. The number of aromatic amines is 1. The van der Waals surface area contributed by atoms with Crippen molar-refractivity contribution in [2.75, 3.05) is 31.1 Å². The summed E-state index contributed by atoms with van der Waals surface area (Å²) in [6.07, 6.45) is 5.42. The summed E-state index contributed by atoms with van der Waals surface area (Å²) in [5, 5.41) is 23.7. The monoisotopic (exact) mass is 499 g/mol. The van der Waals surface area contributed by atoms with Gasteiger partial charge in [-0.2, -0.15) is 0 Å². The van der Waals surface area contributed by atoms with Crippen LogP contribution in [0, 0.1) is 0 Å². The van der Waals surface area contributed by atoms with E-state index in [4.69, 9.17) is 0 Å². The molecule has 37 heavy (non-hydrogen) atoms. The Hall–Kier alpha value is -3.72. The van der Waals surface area contributed by atoms with E-state index in [1.54, 1.807) is 12.1 Å². The summed E-state index contributed by atoms with van der Waals surface area (Å²) in [5.41, 5.74) is 3.76. The van der Waals surface area contributed by atoms with Gasteiger partial charge in [-0.1, -0.05) is 25.8 Å². The number of piperazine rings is 1. The Morgan fingerprint density at radius 2 is 1.78 bits per heavy atom. The number of pyridine rings is 1. The molecule has 3 heterocycles. The summed E-state index contributed by atoms with van der Waals surface area (Å²) in [7, 11) is 0. The molecule has 9 nitrogen and oxygen atoms in total. The van der Waals surface area contributed by atoms with Crippen LogP contribution in [0.5, 0.6) is 5.75 Å². The van der Waals surface area contributed by atoms with Gasteiger partial charge in [0.05, 0.1) is 6.04 Å². The van der Waals surface area contributed by atoms with E-state index in [0.29, 0.717) is 5.56 Å². The minimum absolute atomic E-state index is 0.0938. The van der Waals surface area contributed by atoms with E-state index in [0.717, 1.165) is 67.9 Å². The standard InChI is InChI=1S/C28H33N7O2/c1-2-19-7-12-25-20(17-19)18-24(28(37)29-25)26(27-30-31-32-35(27)22-5-3-4-6-22)34-15-13-33(14-16-34)21-8-10-23(36)11-9-21/h7-12,17-18,22,26,36H,2-6,13-16H2,1H3,(H,29,37)/t26-/m1/s1. The zero-order chi connectivity index (χ0) is 25.4. The van der Waals surface area contributed by atoms with Crippen LogP contribution in [0.4, 0.5) is 5.69 Å². The fourth-order valence-corrected chi connectivity index (χ4v) is 5.89. The summed E-state index contributed by atoms with van der Waals surface area (Å²) in [6.45, 7) is 5.26. The van der Waals surface area contributed by atoms with Gasteiger partial charge < -0.3 is 15.0 Å². The number of hydrogen-bond acceptors (Lipinski definition) is 7. The highest BCUT2D eigenvalue weighted by atomic mass is 16.3. The molecule has 9 heteroatoms. The van der Waals surface area contributed by atoms with Crippen molar-refractivity contribution in [2.24, 2.45) is 0 Å². The largest absolute Gasteiger partial charge is 0.508 e. The molecule has 2 N–H and O–H groups in total. The number of nitrogens with zero attached hydrogens (tertiary/aromatic N) is 6. The van der Waals surface area contributed by atoms with Crippen LogP contribution in [0.25, 0.3) is 10.9 Å². The zero-order valence-corrected chi connectivity index (χ0v) is 21.2. The molecule has 0 bridgehead atoms. The van der Waals surface area contributed by atoms with Crippen LogP contribution in [0.15, 0.2) is 53.3 Å². The number of H-pyrrole nitrogens is 1. The van der Waals surface area contributed by atoms with Crippen LogP contribution in [0.3, 0.4) is 0 Å². The molecule has 1 atom stereocenters. The predicted molar refractivity (Wildman–Crippen MR) is 143 cm³/mol. The Kier molecular flexibility index (Phi) is 6.38. The maximum absolute atomic E-state index is 13.5. The maximum atomic E-state index is 13.5. The maximum Gasteiger partial charge on any atom is 0.253 e. The second-order valence-electron chi connectivity index (χ2n) is 10.2. The number of tetrazole rings is 1. The first kappa shape index (κ1) is 23.7. The summed E-state index contributed by atoms with van der Waals surface area (Å²) < 4.78 is 1.98. The Balaban J connectivity index is 1.39. The fraction of sp³-hybridized carbons (Fsp3) is 0.429. The minimum Gasteiger partial charge on any atom is -0.508 e. The van der Waals surface area contributed by atoms with E-state index in [1.165, 1.54) is 18.4 Å². The number of phenols is 1. The third kappa shape index (κ3) is 4.59. The van der Waals surface area contributed by atoms with Gasteiger partial charge in [-0.05, 0) is 83.1 Å². The van der Waals surface area contributed by atoms with E-state index in [-0.39, 0.29) is 23.4 Å². The molecule has 0 unspecified atom stereocenters. The van der Waals surface area contributed by atoms with Crippen molar-refractivity contribution in [3.8, 4) is 5.75 Å². The number of hydrogen-bond donors (Lipinski definition) is 2. The second kappa shape index (κ2) is 9.97. The van der Waals surface area contributed by atoms with E-state index >= 15 is 0 Å². The lowest BCUT2D eigenvalue weighted by Gasteiger charge is -2.39. The van der Waals surface area contributed by atoms with Crippen molar-refractivity contribution in [3.05, 3.63) is 75.8 Å². The second-order valence-corrected chi connectivity index (χ2v) is 10.2. The number of aromatic hydroxyl groups is 1.